The zero-order valence-electron chi connectivity index (χ0n) is 11.9. The lowest BCUT2D eigenvalue weighted by molar-refractivity contribution is -0.144. The Bertz CT molecular complexity index is 314. The summed E-state index contributed by atoms with van der Waals surface area (Å²) in [6.45, 7) is 8.55. The summed E-state index contributed by atoms with van der Waals surface area (Å²) in [6.07, 6.45) is 0. The molecule has 1 unspecified atom stereocenters. The number of nitrogens with zero attached hydrogens (tertiary/aromatic N) is 1. The van der Waals surface area contributed by atoms with Gasteiger partial charge in [-0.1, -0.05) is 20.8 Å². The molecule has 1 heterocycles. The Balaban J connectivity index is 2.08. The second-order valence-electron chi connectivity index (χ2n) is 5.49. The van der Waals surface area contributed by atoms with Gasteiger partial charge < -0.3 is 20.1 Å². The molecule has 19 heavy (non-hydrogen) atoms. The molecule has 2 amide bonds. The molecule has 0 radical (unpaired) electrons. The molecule has 0 aromatic rings. The Morgan fingerprint density at radius 3 is 2.53 bits per heavy atom. The van der Waals surface area contributed by atoms with Crippen LogP contribution in [0.3, 0.4) is 0 Å². The standard InChI is InChI=1S/C13H24N2O4/c1-9(2)8-19-5-4-14-13(18)15-6-11(7-15)10(3)12(16)17/h9-11H,4-8H2,1-3H3,(H,14,18)(H,16,17). The minimum absolute atomic E-state index is 0.0699. The number of likely N-dealkylation sites (tertiary alicyclic amines) is 1. The molecule has 0 aliphatic carbocycles. The van der Waals surface area contributed by atoms with Crippen molar-refractivity contribution in [3.05, 3.63) is 0 Å². The quantitative estimate of drug-likeness (QED) is 0.678. The molecular weight excluding hydrogens is 248 g/mol. The van der Waals surface area contributed by atoms with E-state index in [1.54, 1.807) is 11.8 Å². The molecule has 1 saturated heterocycles. The Morgan fingerprint density at radius 1 is 1.37 bits per heavy atom. The van der Waals surface area contributed by atoms with E-state index in [-0.39, 0.29) is 11.9 Å². The Labute approximate surface area is 114 Å². The van der Waals surface area contributed by atoms with Gasteiger partial charge >= 0.3 is 12.0 Å². The van der Waals surface area contributed by atoms with Crippen LogP contribution in [0.2, 0.25) is 0 Å². The van der Waals surface area contributed by atoms with Crippen molar-refractivity contribution in [3.8, 4) is 0 Å². The van der Waals surface area contributed by atoms with Gasteiger partial charge in [0.05, 0.1) is 12.5 Å². The highest BCUT2D eigenvalue weighted by molar-refractivity contribution is 5.76. The molecule has 1 fully saturated rings. The minimum atomic E-state index is -0.799. The van der Waals surface area contributed by atoms with Crippen LogP contribution in [0.25, 0.3) is 0 Å². The zero-order valence-corrected chi connectivity index (χ0v) is 11.9. The fourth-order valence-corrected chi connectivity index (χ4v) is 1.86. The van der Waals surface area contributed by atoms with Crippen molar-refractivity contribution < 1.29 is 19.4 Å². The van der Waals surface area contributed by atoms with Gasteiger partial charge in [-0.05, 0) is 5.92 Å². The number of carboxylic acid groups (broad SMARTS) is 1. The van der Waals surface area contributed by atoms with Crippen molar-refractivity contribution >= 4 is 12.0 Å². The maximum Gasteiger partial charge on any atom is 0.317 e. The number of carboxylic acids is 1. The number of rotatable bonds is 7. The number of nitrogens with one attached hydrogen (secondary N) is 1. The first kappa shape index (κ1) is 15.8. The van der Waals surface area contributed by atoms with Crippen molar-refractivity contribution in [3.63, 3.8) is 0 Å². The van der Waals surface area contributed by atoms with E-state index in [2.05, 4.69) is 19.2 Å². The van der Waals surface area contributed by atoms with E-state index in [0.717, 1.165) is 0 Å². The van der Waals surface area contributed by atoms with Gasteiger partial charge in [-0.2, -0.15) is 0 Å². The summed E-state index contributed by atoms with van der Waals surface area (Å²) in [6, 6.07) is -0.137. The maximum atomic E-state index is 11.7. The molecule has 0 aromatic heterocycles. The molecular formula is C13H24N2O4. The molecule has 0 saturated carbocycles. The topological polar surface area (TPSA) is 78.9 Å². The van der Waals surface area contributed by atoms with Gasteiger partial charge in [-0.25, -0.2) is 4.79 Å². The van der Waals surface area contributed by atoms with Crippen LogP contribution in [0.15, 0.2) is 0 Å². The lowest BCUT2D eigenvalue weighted by Crippen LogP contribution is -2.56. The first-order valence-corrected chi connectivity index (χ1v) is 6.75. The summed E-state index contributed by atoms with van der Waals surface area (Å²) >= 11 is 0. The predicted molar refractivity (Wildman–Crippen MR) is 70.9 cm³/mol. The molecule has 6 heteroatoms. The number of urea groups is 1. The smallest absolute Gasteiger partial charge is 0.317 e. The van der Waals surface area contributed by atoms with Crippen LogP contribution in [0.1, 0.15) is 20.8 Å². The van der Waals surface area contributed by atoms with Crippen LogP contribution in [0, 0.1) is 17.8 Å². The lowest BCUT2D eigenvalue weighted by Gasteiger charge is -2.41. The third-order valence-corrected chi connectivity index (χ3v) is 3.27. The van der Waals surface area contributed by atoms with Gasteiger partial charge in [0.1, 0.15) is 0 Å². The molecule has 1 rings (SSSR count). The van der Waals surface area contributed by atoms with E-state index in [9.17, 15) is 9.59 Å². The fraction of sp³-hybridized carbons (Fsp3) is 0.846. The van der Waals surface area contributed by atoms with Gasteiger partial charge in [0.15, 0.2) is 0 Å². The largest absolute Gasteiger partial charge is 0.481 e. The molecule has 0 bridgehead atoms. The van der Waals surface area contributed by atoms with Crippen LogP contribution >= 0.6 is 0 Å². The molecule has 1 aliphatic heterocycles. The van der Waals surface area contributed by atoms with Crippen LogP contribution in [0.5, 0.6) is 0 Å². The van der Waals surface area contributed by atoms with Crippen LogP contribution < -0.4 is 5.32 Å². The van der Waals surface area contributed by atoms with Crippen molar-refractivity contribution in [1.82, 2.24) is 10.2 Å². The Morgan fingerprint density at radius 2 is 2.00 bits per heavy atom. The van der Waals surface area contributed by atoms with Crippen molar-refractivity contribution in [2.24, 2.45) is 17.8 Å². The Kier molecular flexibility index (Phi) is 6.08. The molecule has 2 N–H and O–H groups in total. The summed E-state index contributed by atoms with van der Waals surface area (Å²) in [5, 5.41) is 11.6. The molecule has 110 valence electrons. The third-order valence-electron chi connectivity index (χ3n) is 3.27. The number of hydrogen-bond acceptors (Lipinski definition) is 3. The average molecular weight is 272 g/mol. The first-order chi connectivity index (χ1) is 8.91. The molecule has 0 spiro atoms. The number of hydrogen-bond donors (Lipinski definition) is 2. The summed E-state index contributed by atoms with van der Waals surface area (Å²) in [5.74, 6) is -0.629. The second-order valence-corrected chi connectivity index (χ2v) is 5.49. The summed E-state index contributed by atoms with van der Waals surface area (Å²) < 4.78 is 5.36. The van der Waals surface area contributed by atoms with E-state index in [1.807, 2.05) is 0 Å². The average Bonchev–Trinajstić information content (AvgIpc) is 2.25. The lowest BCUT2D eigenvalue weighted by atomic mass is 9.87. The molecule has 1 atom stereocenters. The van der Waals surface area contributed by atoms with Crippen LogP contribution in [-0.4, -0.2) is 54.9 Å². The van der Waals surface area contributed by atoms with Gasteiger partial charge in [0.25, 0.3) is 0 Å². The second kappa shape index (κ2) is 7.33. The van der Waals surface area contributed by atoms with Crippen molar-refractivity contribution in [2.45, 2.75) is 20.8 Å². The Hall–Kier alpha value is -1.30. The van der Waals surface area contributed by atoms with Crippen molar-refractivity contribution in [2.75, 3.05) is 32.8 Å². The number of aliphatic carboxylic acids is 1. The maximum absolute atomic E-state index is 11.7. The van der Waals surface area contributed by atoms with E-state index < -0.39 is 11.9 Å². The highest BCUT2D eigenvalue weighted by Crippen LogP contribution is 2.23. The van der Waals surface area contributed by atoms with Gasteiger partial charge in [0, 0.05) is 32.2 Å². The number of amides is 2. The molecule has 0 aromatic carbocycles. The third kappa shape index (κ3) is 5.06. The highest BCUT2D eigenvalue weighted by atomic mass is 16.5. The zero-order chi connectivity index (χ0) is 14.4. The van der Waals surface area contributed by atoms with Gasteiger partial charge in [0.2, 0.25) is 0 Å². The van der Waals surface area contributed by atoms with Crippen LogP contribution in [0.4, 0.5) is 4.79 Å². The molecule has 1 aliphatic rings. The van der Waals surface area contributed by atoms with E-state index in [0.29, 0.717) is 38.8 Å². The number of ether oxygens (including phenoxy) is 1. The van der Waals surface area contributed by atoms with Gasteiger partial charge in [-0.15, -0.1) is 0 Å². The van der Waals surface area contributed by atoms with E-state index >= 15 is 0 Å². The van der Waals surface area contributed by atoms with E-state index in [1.165, 1.54) is 0 Å². The first-order valence-electron chi connectivity index (χ1n) is 6.75. The highest BCUT2D eigenvalue weighted by Gasteiger charge is 2.36. The number of carbonyl (C=O) groups excluding carboxylic acids is 1. The fourth-order valence-electron chi connectivity index (χ4n) is 1.86. The van der Waals surface area contributed by atoms with Crippen LogP contribution in [-0.2, 0) is 9.53 Å². The summed E-state index contributed by atoms with van der Waals surface area (Å²) in [4.78, 5) is 24.1. The summed E-state index contributed by atoms with van der Waals surface area (Å²) in [7, 11) is 0. The SMILES string of the molecule is CC(C)COCCNC(=O)N1CC(C(C)C(=O)O)C1. The molecule has 6 nitrogen and oxygen atoms in total. The summed E-state index contributed by atoms with van der Waals surface area (Å²) in [5.41, 5.74) is 0. The monoisotopic (exact) mass is 272 g/mol. The van der Waals surface area contributed by atoms with E-state index in [4.69, 9.17) is 9.84 Å². The number of carbonyl (C=O) groups is 2. The van der Waals surface area contributed by atoms with Crippen molar-refractivity contribution in [1.29, 1.82) is 0 Å². The predicted octanol–water partition coefficient (Wildman–Crippen LogP) is 1.02. The minimum Gasteiger partial charge on any atom is -0.481 e. The van der Waals surface area contributed by atoms with Gasteiger partial charge in [-0.3, -0.25) is 4.79 Å². The normalized spacial score (nSPS) is 17.2.